The van der Waals surface area contributed by atoms with Crippen LogP contribution in [-0.2, 0) is 0 Å². The van der Waals surface area contributed by atoms with Crippen LogP contribution in [0.2, 0.25) is 0 Å². The van der Waals surface area contributed by atoms with Gasteiger partial charge in [-0.15, -0.1) is 0 Å². The third-order valence-electron chi connectivity index (χ3n) is 4.94. The van der Waals surface area contributed by atoms with Crippen molar-refractivity contribution in [2.45, 2.75) is 57.9 Å². The van der Waals surface area contributed by atoms with E-state index in [9.17, 15) is 0 Å². The number of piperidine rings is 2. The molecule has 112 valence electrons. The van der Waals surface area contributed by atoms with Gasteiger partial charge >= 0.3 is 0 Å². The summed E-state index contributed by atoms with van der Waals surface area (Å²) in [5.41, 5.74) is 5.59. The van der Waals surface area contributed by atoms with Gasteiger partial charge in [0.15, 0.2) is 0 Å². The van der Waals surface area contributed by atoms with Crippen molar-refractivity contribution in [1.82, 2.24) is 9.80 Å². The maximum atomic E-state index is 5.59. The SMILES string of the molecule is CC(CCCN)CN1CCC(N2CCCCC2)CC1. The van der Waals surface area contributed by atoms with Crippen molar-refractivity contribution >= 4 is 0 Å². The van der Waals surface area contributed by atoms with Gasteiger partial charge in [0.2, 0.25) is 0 Å². The molecule has 2 heterocycles. The van der Waals surface area contributed by atoms with E-state index in [4.69, 9.17) is 5.73 Å². The van der Waals surface area contributed by atoms with Crippen molar-refractivity contribution in [3.63, 3.8) is 0 Å². The number of hydrogen-bond acceptors (Lipinski definition) is 3. The first kappa shape index (κ1) is 15.3. The first-order chi connectivity index (χ1) is 9.29. The minimum absolute atomic E-state index is 0.815. The van der Waals surface area contributed by atoms with Crippen LogP contribution in [0, 0.1) is 5.92 Å². The molecule has 1 atom stereocenters. The van der Waals surface area contributed by atoms with Gasteiger partial charge in [0.25, 0.3) is 0 Å². The molecule has 2 rings (SSSR count). The Morgan fingerprint density at radius 1 is 1.05 bits per heavy atom. The summed E-state index contributed by atoms with van der Waals surface area (Å²) in [4.78, 5) is 5.44. The Labute approximate surface area is 119 Å². The molecule has 19 heavy (non-hydrogen) atoms. The minimum Gasteiger partial charge on any atom is -0.330 e. The van der Waals surface area contributed by atoms with E-state index in [1.807, 2.05) is 0 Å². The minimum atomic E-state index is 0.815. The summed E-state index contributed by atoms with van der Waals surface area (Å²) in [6.07, 6.45) is 9.57. The summed E-state index contributed by atoms with van der Waals surface area (Å²) >= 11 is 0. The van der Waals surface area contributed by atoms with Gasteiger partial charge in [-0.1, -0.05) is 13.3 Å². The lowest BCUT2D eigenvalue weighted by atomic mass is 9.98. The molecule has 2 aliphatic rings. The highest BCUT2D eigenvalue weighted by molar-refractivity contribution is 4.82. The van der Waals surface area contributed by atoms with E-state index < -0.39 is 0 Å². The Hall–Kier alpha value is -0.120. The van der Waals surface area contributed by atoms with Crippen molar-refractivity contribution in [3.8, 4) is 0 Å². The largest absolute Gasteiger partial charge is 0.330 e. The summed E-state index contributed by atoms with van der Waals surface area (Å²) < 4.78 is 0. The fraction of sp³-hybridized carbons (Fsp3) is 1.00. The third kappa shape index (κ3) is 5.05. The molecule has 2 fully saturated rings. The van der Waals surface area contributed by atoms with E-state index in [0.717, 1.165) is 18.5 Å². The number of hydrogen-bond donors (Lipinski definition) is 1. The molecule has 0 saturated carbocycles. The number of likely N-dealkylation sites (tertiary alicyclic amines) is 2. The Morgan fingerprint density at radius 2 is 1.74 bits per heavy atom. The molecule has 0 radical (unpaired) electrons. The highest BCUT2D eigenvalue weighted by Crippen LogP contribution is 2.21. The topological polar surface area (TPSA) is 32.5 Å². The van der Waals surface area contributed by atoms with E-state index in [2.05, 4.69) is 16.7 Å². The lowest BCUT2D eigenvalue weighted by Crippen LogP contribution is -2.47. The van der Waals surface area contributed by atoms with Gasteiger partial charge in [-0.3, -0.25) is 0 Å². The predicted molar refractivity (Wildman–Crippen MR) is 82.3 cm³/mol. The quantitative estimate of drug-likeness (QED) is 0.801. The van der Waals surface area contributed by atoms with Gasteiger partial charge in [-0.2, -0.15) is 0 Å². The fourth-order valence-electron chi connectivity index (χ4n) is 3.75. The number of rotatable bonds is 6. The molecule has 0 bridgehead atoms. The second-order valence-corrected chi connectivity index (χ2v) is 6.66. The Balaban J connectivity index is 1.64. The summed E-state index contributed by atoms with van der Waals surface area (Å²) in [6, 6.07) is 0.885. The molecular weight excluding hydrogens is 234 g/mol. The molecule has 0 aromatic heterocycles. The van der Waals surface area contributed by atoms with Crippen molar-refractivity contribution < 1.29 is 0 Å². The van der Waals surface area contributed by atoms with Crippen molar-refractivity contribution in [2.75, 3.05) is 39.3 Å². The highest BCUT2D eigenvalue weighted by Gasteiger charge is 2.25. The Bertz CT molecular complexity index is 230. The molecule has 3 nitrogen and oxygen atoms in total. The fourth-order valence-corrected chi connectivity index (χ4v) is 3.75. The van der Waals surface area contributed by atoms with Crippen LogP contribution in [0.25, 0.3) is 0 Å². The van der Waals surface area contributed by atoms with Crippen LogP contribution in [0.15, 0.2) is 0 Å². The molecule has 2 aliphatic heterocycles. The summed E-state index contributed by atoms with van der Waals surface area (Å²) in [5, 5.41) is 0. The molecule has 2 N–H and O–H groups in total. The lowest BCUT2D eigenvalue weighted by molar-refractivity contribution is 0.0858. The molecule has 0 aromatic carbocycles. The van der Waals surface area contributed by atoms with Crippen molar-refractivity contribution in [3.05, 3.63) is 0 Å². The molecule has 3 heteroatoms. The molecule has 1 unspecified atom stereocenters. The average Bonchev–Trinajstić information content (AvgIpc) is 2.47. The van der Waals surface area contributed by atoms with Crippen LogP contribution in [-0.4, -0.2) is 55.1 Å². The molecular formula is C16H33N3. The Kier molecular flexibility index (Phi) is 6.62. The molecule has 0 amide bonds. The first-order valence-corrected chi connectivity index (χ1v) is 8.46. The normalized spacial score (nSPS) is 25.6. The lowest BCUT2D eigenvalue weighted by Gasteiger charge is -2.40. The molecule has 0 spiro atoms. The summed E-state index contributed by atoms with van der Waals surface area (Å²) in [5.74, 6) is 0.815. The molecule has 2 saturated heterocycles. The van der Waals surface area contributed by atoms with Gasteiger partial charge in [0, 0.05) is 12.6 Å². The zero-order chi connectivity index (χ0) is 13.5. The maximum absolute atomic E-state index is 5.59. The molecule has 0 aliphatic carbocycles. The zero-order valence-electron chi connectivity index (χ0n) is 12.8. The second kappa shape index (κ2) is 8.23. The van der Waals surface area contributed by atoms with Crippen molar-refractivity contribution in [1.29, 1.82) is 0 Å². The third-order valence-corrected chi connectivity index (χ3v) is 4.94. The van der Waals surface area contributed by atoms with E-state index in [1.54, 1.807) is 0 Å². The van der Waals surface area contributed by atoms with Crippen LogP contribution < -0.4 is 5.73 Å². The van der Waals surface area contributed by atoms with Gasteiger partial charge in [0.05, 0.1) is 0 Å². The van der Waals surface area contributed by atoms with Crippen molar-refractivity contribution in [2.24, 2.45) is 11.7 Å². The van der Waals surface area contributed by atoms with Crippen LogP contribution in [0.5, 0.6) is 0 Å². The number of nitrogens with zero attached hydrogens (tertiary/aromatic N) is 2. The predicted octanol–water partition coefficient (Wildman–Crippen LogP) is 2.31. The summed E-state index contributed by atoms with van der Waals surface area (Å²) in [6.45, 7) is 9.86. The van der Waals surface area contributed by atoms with Gasteiger partial charge in [-0.25, -0.2) is 0 Å². The van der Waals surface area contributed by atoms with Crippen LogP contribution in [0.3, 0.4) is 0 Å². The van der Waals surface area contributed by atoms with E-state index in [0.29, 0.717) is 0 Å². The van der Waals surface area contributed by atoms with Gasteiger partial charge in [0.1, 0.15) is 0 Å². The first-order valence-electron chi connectivity index (χ1n) is 8.46. The summed E-state index contributed by atoms with van der Waals surface area (Å²) in [7, 11) is 0. The van der Waals surface area contributed by atoms with Gasteiger partial charge in [-0.05, 0) is 77.2 Å². The standard InChI is InChI=1S/C16H33N3/c1-15(6-5-9-17)14-18-12-7-16(8-13-18)19-10-3-2-4-11-19/h15-16H,2-14,17H2,1H3. The monoisotopic (exact) mass is 267 g/mol. The second-order valence-electron chi connectivity index (χ2n) is 6.66. The zero-order valence-corrected chi connectivity index (χ0v) is 12.8. The average molecular weight is 267 g/mol. The van der Waals surface area contributed by atoms with E-state index in [1.165, 1.54) is 77.7 Å². The Morgan fingerprint density at radius 3 is 2.37 bits per heavy atom. The molecule has 0 aromatic rings. The maximum Gasteiger partial charge on any atom is 0.0120 e. The van der Waals surface area contributed by atoms with Crippen LogP contribution in [0.4, 0.5) is 0 Å². The van der Waals surface area contributed by atoms with Crippen LogP contribution in [0.1, 0.15) is 51.9 Å². The number of nitrogens with two attached hydrogens (primary N) is 1. The van der Waals surface area contributed by atoms with Gasteiger partial charge < -0.3 is 15.5 Å². The van der Waals surface area contributed by atoms with Crippen LogP contribution >= 0.6 is 0 Å². The highest BCUT2D eigenvalue weighted by atomic mass is 15.2. The van der Waals surface area contributed by atoms with E-state index in [-0.39, 0.29) is 0 Å². The smallest absolute Gasteiger partial charge is 0.0120 e. The van der Waals surface area contributed by atoms with E-state index >= 15 is 0 Å².